The fourth-order valence-electron chi connectivity index (χ4n) is 3.93. The standard InChI is InChI=1S/C24H26N4O3/c1-17-25-23(31-27-17)20-12-14-28(15-13-20)24(30)21(16-18-8-4-2-5-9-18)26-22(29)19-10-6-3-7-11-19/h2-11,20-21H,12-16H2,1H3,(H,26,29). The Bertz CT molecular complexity index is 1010. The normalized spacial score (nSPS) is 15.5. The summed E-state index contributed by atoms with van der Waals surface area (Å²) in [5.74, 6) is 1.12. The molecule has 31 heavy (non-hydrogen) atoms. The molecule has 1 atom stereocenters. The number of piperidine rings is 1. The predicted molar refractivity (Wildman–Crippen MR) is 115 cm³/mol. The van der Waals surface area contributed by atoms with Crippen molar-refractivity contribution >= 4 is 11.8 Å². The van der Waals surface area contributed by atoms with E-state index in [-0.39, 0.29) is 17.7 Å². The van der Waals surface area contributed by atoms with Crippen LogP contribution in [0.2, 0.25) is 0 Å². The molecule has 0 spiro atoms. The van der Waals surface area contributed by atoms with E-state index in [1.54, 1.807) is 19.1 Å². The minimum atomic E-state index is -0.627. The molecule has 4 rings (SSSR count). The molecule has 0 saturated carbocycles. The molecule has 1 saturated heterocycles. The van der Waals surface area contributed by atoms with Crippen molar-refractivity contribution in [1.82, 2.24) is 20.4 Å². The zero-order valence-corrected chi connectivity index (χ0v) is 17.5. The molecular formula is C24H26N4O3. The van der Waals surface area contributed by atoms with Gasteiger partial charge in [0.2, 0.25) is 11.8 Å². The van der Waals surface area contributed by atoms with Gasteiger partial charge in [0.05, 0.1) is 0 Å². The van der Waals surface area contributed by atoms with E-state index in [1.165, 1.54) is 0 Å². The molecule has 0 bridgehead atoms. The van der Waals surface area contributed by atoms with Crippen LogP contribution in [-0.2, 0) is 11.2 Å². The second-order valence-electron chi connectivity index (χ2n) is 7.86. The highest BCUT2D eigenvalue weighted by molar-refractivity contribution is 5.97. The number of amides is 2. The van der Waals surface area contributed by atoms with Crippen molar-refractivity contribution in [3.63, 3.8) is 0 Å². The van der Waals surface area contributed by atoms with Gasteiger partial charge in [-0.15, -0.1) is 0 Å². The summed E-state index contributed by atoms with van der Waals surface area (Å²) in [6, 6.07) is 18.1. The Kier molecular flexibility index (Phi) is 6.40. The Morgan fingerprint density at radius 1 is 1.06 bits per heavy atom. The van der Waals surface area contributed by atoms with Gasteiger partial charge in [0.1, 0.15) is 6.04 Å². The molecule has 1 aliphatic heterocycles. The molecular weight excluding hydrogens is 392 g/mol. The van der Waals surface area contributed by atoms with Crippen molar-refractivity contribution in [3.05, 3.63) is 83.5 Å². The third-order valence-corrected chi connectivity index (χ3v) is 5.62. The Morgan fingerprint density at radius 2 is 1.71 bits per heavy atom. The molecule has 7 heteroatoms. The summed E-state index contributed by atoms with van der Waals surface area (Å²) in [6.45, 7) is 2.99. The highest BCUT2D eigenvalue weighted by Gasteiger charge is 2.31. The van der Waals surface area contributed by atoms with Crippen molar-refractivity contribution in [2.24, 2.45) is 0 Å². The number of aromatic nitrogens is 2. The second-order valence-corrected chi connectivity index (χ2v) is 7.86. The van der Waals surface area contributed by atoms with Gasteiger partial charge in [-0.25, -0.2) is 0 Å². The molecule has 2 heterocycles. The molecule has 0 radical (unpaired) electrons. The van der Waals surface area contributed by atoms with Crippen molar-refractivity contribution < 1.29 is 14.1 Å². The lowest BCUT2D eigenvalue weighted by Crippen LogP contribution is -2.51. The van der Waals surface area contributed by atoms with Crippen LogP contribution in [0.4, 0.5) is 0 Å². The Balaban J connectivity index is 1.45. The quantitative estimate of drug-likeness (QED) is 0.664. The number of rotatable bonds is 6. The lowest BCUT2D eigenvalue weighted by Gasteiger charge is -2.33. The largest absolute Gasteiger partial charge is 0.341 e. The monoisotopic (exact) mass is 418 g/mol. The maximum Gasteiger partial charge on any atom is 0.251 e. The van der Waals surface area contributed by atoms with Gasteiger partial charge in [0.25, 0.3) is 5.91 Å². The van der Waals surface area contributed by atoms with E-state index in [0.717, 1.165) is 18.4 Å². The SMILES string of the molecule is Cc1noc(C2CCN(C(=O)C(Cc3ccccc3)NC(=O)c3ccccc3)CC2)n1. The number of benzene rings is 2. The number of carbonyl (C=O) groups is 2. The van der Waals surface area contributed by atoms with Gasteiger partial charge in [0, 0.05) is 31.0 Å². The van der Waals surface area contributed by atoms with E-state index in [2.05, 4.69) is 15.5 Å². The Morgan fingerprint density at radius 3 is 2.32 bits per heavy atom. The molecule has 1 fully saturated rings. The van der Waals surface area contributed by atoms with Crippen LogP contribution >= 0.6 is 0 Å². The van der Waals surface area contributed by atoms with Gasteiger partial charge < -0.3 is 14.7 Å². The van der Waals surface area contributed by atoms with E-state index in [0.29, 0.717) is 36.8 Å². The highest BCUT2D eigenvalue weighted by atomic mass is 16.5. The minimum absolute atomic E-state index is 0.0618. The topological polar surface area (TPSA) is 88.3 Å². The van der Waals surface area contributed by atoms with Gasteiger partial charge >= 0.3 is 0 Å². The first-order valence-corrected chi connectivity index (χ1v) is 10.6. The third kappa shape index (κ3) is 5.17. The molecule has 3 aromatic rings. The van der Waals surface area contributed by atoms with Gasteiger partial charge in [-0.2, -0.15) is 4.98 Å². The predicted octanol–water partition coefficient (Wildman–Crippen LogP) is 3.13. The van der Waals surface area contributed by atoms with Crippen molar-refractivity contribution in [3.8, 4) is 0 Å². The third-order valence-electron chi connectivity index (χ3n) is 5.62. The minimum Gasteiger partial charge on any atom is -0.341 e. The molecule has 2 amide bonds. The molecule has 2 aromatic carbocycles. The first-order chi connectivity index (χ1) is 15.1. The van der Waals surface area contributed by atoms with E-state index in [9.17, 15) is 9.59 Å². The van der Waals surface area contributed by atoms with Gasteiger partial charge in [-0.05, 0) is 37.5 Å². The summed E-state index contributed by atoms with van der Waals surface area (Å²) in [5.41, 5.74) is 1.55. The molecule has 1 aromatic heterocycles. The van der Waals surface area contributed by atoms with E-state index >= 15 is 0 Å². The van der Waals surface area contributed by atoms with Gasteiger partial charge in [0.15, 0.2) is 5.82 Å². The van der Waals surface area contributed by atoms with Gasteiger partial charge in [-0.1, -0.05) is 53.7 Å². The first-order valence-electron chi connectivity index (χ1n) is 10.6. The maximum absolute atomic E-state index is 13.4. The van der Waals surface area contributed by atoms with Crippen LogP contribution in [0.15, 0.2) is 65.2 Å². The summed E-state index contributed by atoms with van der Waals surface area (Å²) in [7, 11) is 0. The molecule has 0 aliphatic carbocycles. The van der Waals surface area contributed by atoms with Crippen LogP contribution in [0, 0.1) is 6.92 Å². The lowest BCUT2D eigenvalue weighted by molar-refractivity contribution is -0.134. The van der Waals surface area contributed by atoms with Gasteiger partial charge in [-0.3, -0.25) is 9.59 Å². The number of hydrogen-bond acceptors (Lipinski definition) is 5. The summed E-state index contributed by atoms with van der Waals surface area (Å²) < 4.78 is 5.31. The van der Waals surface area contributed by atoms with Crippen LogP contribution < -0.4 is 5.32 Å². The first kappa shape index (κ1) is 20.8. The van der Waals surface area contributed by atoms with E-state index < -0.39 is 6.04 Å². The average molecular weight is 418 g/mol. The van der Waals surface area contributed by atoms with Crippen molar-refractivity contribution in [1.29, 1.82) is 0 Å². The maximum atomic E-state index is 13.4. The summed E-state index contributed by atoms with van der Waals surface area (Å²) in [5, 5.41) is 6.82. The van der Waals surface area contributed by atoms with Crippen LogP contribution in [0.5, 0.6) is 0 Å². The van der Waals surface area contributed by atoms with Crippen LogP contribution in [0.25, 0.3) is 0 Å². The number of nitrogens with one attached hydrogen (secondary N) is 1. The number of aryl methyl sites for hydroxylation is 1. The average Bonchev–Trinajstić information content (AvgIpc) is 3.26. The molecule has 1 unspecified atom stereocenters. The summed E-state index contributed by atoms with van der Waals surface area (Å²) in [6.07, 6.45) is 1.97. The second kappa shape index (κ2) is 9.55. The number of carbonyl (C=O) groups excluding carboxylic acids is 2. The molecule has 1 aliphatic rings. The van der Waals surface area contributed by atoms with E-state index in [1.807, 2.05) is 53.4 Å². The zero-order valence-electron chi connectivity index (χ0n) is 17.5. The van der Waals surface area contributed by atoms with E-state index in [4.69, 9.17) is 4.52 Å². The number of hydrogen-bond donors (Lipinski definition) is 1. The number of nitrogens with zero attached hydrogens (tertiary/aromatic N) is 3. The molecule has 160 valence electrons. The van der Waals surface area contributed by atoms with Crippen LogP contribution in [-0.4, -0.2) is 46.0 Å². The molecule has 7 nitrogen and oxygen atoms in total. The number of likely N-dealkylation sites (tertiary alicyclic amines) is 1. The Labute approximate surface area is 181 Å². The smallest absolute Gasteiger partial charge is 0.251 e. The van der Waals surface area contributed by atoms with Crippen LogP contribution in [0.1, 0.15) is 46.4 Å². The van der Waals surface area contributed by atoms with Crippen molar-refractivity contribution in [2.45, 2.75) is 38.1 Å². The lowest BCUT2D eigenvalue weighted by atomic mass is 9.95. The van der Waals surface area contributed by atoms with Crippen LogP contribution in [0.3, 0.4) is 0 Å². The Hall–Kier alpha value is -3.48. The fraction of sp³-hybridized carbons (Fsp3) is 0.333. The zero-order chi connectivity index (χ0) is 21.6. The fourth-order valence-corrected chi connectivity index (χ4v) is 3.93. The molecule has 1 N–H and O–H groups in total. The summed E-state index contributed by atoms with van der Waals surface area (Å²) in [4.78, 5) is 32.3. The highest BCUT2D eigenvalue weighted by Crippen LogP contribution is 2.27. The van der Waals surface area contributed by atoms with Crippen molar-refractivity contribution in [2.75, 3.05) is 13.1 Å². The summed E-state index contributed by atoms with van der Waals surface area (Å²) >= 11 is 0.